The molecule has 1 aliphatic rings. The number of ether oxygens (including phenoxy) is 1. The fourth-order valence-electron chi connectivity index (χ4n) is 2.70. The minimum absolute atomic E-state index is 0.203. The number of benzene rings is 1. The molecule has 0 heterocycles. The van der Waals surface area contributed by atoms with Crippen molar-refractivity contribution >= 4 is 11.9 Å². The third-order valence-corrected chi connectivity index (χ3v) is 3.85. The molecule has 1 aromatic carbocycles. The number of amides is 1. The normalized spacial score (nSPS) is 17.0. The van der Waals surface area contributed by atoms with Gasteiger partial charge >= 0.3 is 5.97 Å². The second kappa shape index (κ2) is 7.25. The first-order valence-corrected chi connectivity index (χ1v) is 7.60. The van der Waals surface area contributed by atoms with Crippen LogP contribution in [-0.2, 0) is 14.3 Å². The molecule has 1 aliphatic carbocycles. The molecule has 1 fully saturated rings. The Morgan fingerprint density at radius 1 is 1.14 bits per heavy atom. The van der Waals surface area contributed by atoms with E-state index in [4.69, 9.17) is 4.74 Å². The molecule has 0 unspecified atom stereocenters. The zero-order chi connectivity index (χ0) is 15.2. The lowest BCUT2D eigenvalue weighted by molar-refractivity contribution is -0.154. The van der Waals surface area contributed by atoms with Gasteiger partial charge in [-0.1, -0.05) is 49.1 Å². The first-order chi connectivity index (χ1) is 10.1. The van der Waals surface area contributed by atoms with Crippen molar-refractivity contribution < 1.29 is 14.3 Å². The van der Waals surface area contributed by atoms with Crippen molar-refractivity contribution in [2.45, 2.75) is 58.1 Å². The van der Waals surface area contributed by atoms with Crippen molar-refractivity contribution in [1.82, 2.24) is 5.32 Å². The Labute approximate surface area is 125 Å². The van der Waals surface area contributed by atoms with Gasteiger partial charge in [0.2, 0.25) is 6.10 Å². The zero-order valence-electron chi connectivity index (χ0n) is 12.7. The molecular weight excluding hydrogens is 266 g/mol. The van der Waals surface area contributed by atoms with Gasteiger partial charge in [-0.2, -0.15) is 0 Å². The number of aryl methyl sites for hydroxylation is 1. The van der Waals surface area contributed by atoms with E-state index in [1.54, 1.807) is 0 Å². The van der Waals surface area contributed by atoms with Crippen LogP contribution in [0.15, 0.2) is 24.3 Å². The van der Waals surface area contributed by atoms with E-state index in [0.29, 0.717) is 5.56 Å². The Kier molecular flexibility index (Phi) is 5.37. The molecule has 114 valence electrons. The van der Waals surface area contributed by atoms with Crippen molar-refractivity contribution in [2.75, 3.05) is 0 Å². The molecule has 1 atom stereocenters. The zero-order valence-corrected chi connectivity index (χ0v) is 12.7. The van der Waals surface area contributed by atoms with Gasteiger partial charge in [-0.3, -0.25) is 9.59 Å². The summed E-state index contributed by atoms with van der Waals surface area (Å²) in [5.74, 6) is -0.666. The molecule has 0 bridgehead atoms. The summed E-state index contributed by atoms with van der Waals surface area (Å²) in [7, 11) is 0. The largest absolute Gasteiger partial charge is 0.447 e. The predicted octanol–water partition coefficient (Wildman–Crippen LogP) is 3.05. The van der Waals surface area contributed by atoms with Gasteiger partial charge < -0.3 is 10.1 Å². The molecule has 4 heteroatoms. The summed E-state index contributed by atoms with van der Waals surface area (Å²) in [4.78, 5) is 23.7. The van der Waals surface area contributed by atoms with E-state index in [-0.39, 0.29) is 11.9 Å². The van der Waals surface area contributed by atoms with Crippen LogP contribution in [0.3, 0.4) is 0 Å². The first-order valence-electron chi connectivity index (χ1n) is 7.60. The third-order valence-electron chi connectivity index (χ3n) is 3.85. The number of hydrogen-bond donors (Lipinski definition) is 1. The van der Waals surface area contributed by atoms with Crippen LogP contribution in [0, 0.1) is 6.92 Å². The average molecular weight is 289 g/mol. The maximum absolute atomic E-state index is 12.4. The number of hydrogen-bond acceptors (Lipinski definition) is 3. The molecule has 2 rings (SSSR count). The van der Waals surface area contributed by atoms with Crippen LogP contribution in [0.1, 0.15) is 56.3 Å². The Balaban J connectivity index is 2.08. The number of carbonyl (C=O) groups excluding carboxylic acids is 2. The van der Waals surface area contributed by atoms with E-state index in [1.165, 1.54) is 13.3 Å². The van der Waals surface area contributed by atoms with Crippen LogP contribution in [0.5, 0.6) is 0 Å². The first kappa shape index (κ1) is 15.5. The fraction of sp³-hybridized carbons (Fsp3) is 0.529. The van der Waals surface area contributed by atoms with Crippen LogP contribution < -0.4 is 5.32 Å². The molecule has 0 spiro atoms. The molecular formula is C17H23NO3. The fourth-order valence-corrected chi connectivity index (χ4v) is 2.70. The summed E-state index contributed by atoms with van der Waals surface area (Å²) < 4.78 is 5.23. The minimum Gasteiger partial charge on any atom is -0.447 e. The number of esters is 1. The van der Waals surface area contributed by atoms with E-state index in [0.717, 1.165) is 31.2 Å². The lowest BCUT2D eigenvalue weighted by Crippen LogP contribution is -2.40. The van der Waals surface area contributed by atoms with Gasteiger partial charge in [0, 0.05) is 18.5 Å². The van der Waals surface area contributed by atoms with E-state index in [1.807, 2.05) is 31.2 Å². The number of nitrogens with one attached hydrogen (secondary N) is 1. The Bertz CT molecular complexity index is 489. The quantitative estimate of drug-likeness (QED) is 0.867. The monoisotopic (exact) mass is 289 g/mol. The number of carbonyl (C=O) groups is 2. The summed E-state index contributed by atoms with van der Waals surface area (Å²) in [5, 5.41) is 3.02. The highest BCUT2D eigenvalue weighted by Crippen LogP contribution is 2.22. The molecule has 21 heavy (non-hydrogen) atoms. The van der Waals surface area contributed by atoms with Gasteiger partial charge in [0.25, 0.3) is 5.91 Å². The lowest BCUT2D eigenvalue weighted by atomic mass is 9.95. The highest BCUT2D eigenvalue weighted by atomic mass is 16.5. The van der Waals surface area contributed by atoms with Gasteiger partial charge in [0.15, 0.2) is 0 Å². The third kappa shape index (κ3) is 4.59. The number of rotatable bonds is 4. The average Bonchev–Trinajstić information content (AvgIpc) is 2.46. The second-order valence-electron chi connectivity index (χ2n) is 5.74. The van der Waals surface area contributed by atoms with Crippen LogP contribution in [0.25, 0.3) is 0 Å². The summed E-state index contributed by atoms with van der Waals surface area (Å²) >= 11 is 0. The molecule has 0 radical (unpaired) electrons. The predicted molar refractivity (Wildman–Crippen MR) is 80.7 cm³/mol. The molecule has 1 amide bonds. The van der Waals surface area contributed by atoms with Gasteiger partial charge in [0.1, 0.15) is 0 Å². The summed E-state index contributed by atoms with van der Waals surface area (Å²) in [6.45, 7) is 3.31. The van der Waals surface area contributed by atoms with Gasteiger partial charge in [-0.15, -0.1) is 0 Å². The van der Waals surface area contributed by atoms with Crippen LogP contribution in [0.4, 0.5) is 0 Å². The van der Waals surface area contributed by atoms with Crippen molar-refractivity contribution in [2.24, 2.45) is 0 Å². The summed E-state index contributed by atoms with van der Waals surface area (Å²) in [6.07, 6.45) is 4.68. The van der Waals surface area contributed by atoms with E-state index < -0.39 is 12.1 Å². The molecule has 1 N–H and O–H groups in total. The van der Waals surface area contributed by atoms with Gasteiger partial charge in [0.05, 0.1) is 0 Å². The smallest absolute Gasteiger partial charge is 0.303 e. The van der Waals surface area contributed by atoms with E-state index in [2.05, 4.69) is 5.32 Å². The highest BCUT2D eigenvalue weighted by Gasteiger charge is 2.26. The van der Waals surface area contributed by atoms with E-state index >= 15 is 0 Å². The molecule has 0 aliphatic heterocycles. The van der Waals surface area contributed by atoms with E-state index in [9.17, 15) is 9.59 Å². The summed E-state index contributed by atoms with van der Waals surface area (Å²) in [6, 6.07) is 7.71. The molecule has 0 saturated heterocycles. The van der Waals surface area contributed by atoms with Crippen molar-refractivity contribution in [3.63, 3.8) is 0 Å². The maximum Gasteiger partial charge on any atom is 0.303 e. The van der Waals surface area contributed by atoms with Gasteiger partial charge in [-0.05, 0) is 19.8 Å². The lowest BCUT2D eigenvalue weighted by Gasteiger charge is -2.25. The van der Waals surface area contributed by atoms with Gasteiger partial charge in [-0.25, -0.2) is 0 Å². The van der Waals surface area contributed by atoms with Crippen molar-refractivity contribution in [3.8, 4) is 0 Å². The standard InChI is InChI=1S/C17H23NO3/c1-12-8-10-14(11-9-12)16(21-13(2)19)17(20)18-15-6-4-3-5-7-15/h8-11,15-16H,3-7H2,1-2H3,(H,18,20)/t16-/m1/s1. The second-order valence-corrected chi connectivity index (χ2v) is 5.74. The van der Waals surface area contributed by atoms with Crippen LogP contribution in [0.2, 0.25) is 0 Å². The Hall–Kier alpha value is -1.84. The topological polar surface area (TPSA) is 55.4 Å². The SMILES string of the molecule is CC(=O)O[C@@H](C(=O)NC1CCCCC1)c1ccc(C)cc1. The van der Waals surface area contributed by atoms with Crippen LogP contribution in [-0.4, -0.2) is 17.9 Å². The minimum atomic E-state index is -0.856. The molecule has 0 aromatic heterocycles. The van der Waals surface area contributed by atoms with Crippen LogP contribution >= 0.6 is 0 Å². The molecule has 1 aromatic rings. The Morgan fingerprint density at radius 3 is 2.33 bits per heavy atom. The highest BCUT2D eigenvalue weighted by molar-refractivity contribution is 5.84. The Morgan fingerprint density at radius 2 is 1.76 bits per heavy atom. The van der Waals surface area contributed by atoms with Crippen molar-refractivity contribution in [1.29, 1.82) is 0 Å². The van der Waals surface area contributed by atoms with Crippen molar-refractivity contribution in [3.05, 3.63) is 35.4 Å². The summed E-state index contributed by atoms with van der Waals surface area (Å²) in [5.41, 5.74) is 1.82. The molecule has 1 saturated carbocycles. The maximum atomic E-state index is 12.4. The molecule has 4 nitrogen and oxygen atoms in total.